The van der Waals surface area contributed by atoms with Crippen molar-refractivity contribution in [3.8, 4) is 5.75 Å². The van der Waals surface area contributed by atoms with Crippen LogP contribution in [0.3, 0.4) is 0 Å². The predicted octanol–water partition coefficient (Wildman–Crippen LogP) is 1.68. The van der Waals surface area contributed by atoms with Crippen LogP contribution in [-0.2, 0) is 4.79 Å². The number of carbonyl (C=O) groups excluding carboxylic acids is 1. The molecule has 1 unspecified atom stereocenters. The number of halogens is 2. The summed E-state index contributed by atoms with van der Waals surface area (Å²) in [5.74, 6) is -0.0569. The zero-order chi connectivity index (χ0) is 14.0. The fourth-order valence-electron chi connectivity index (χ4n) is 1.54. The zero-order valence-corrected chi connectivity index (χ0v) is 12.7. The molecule has 0 saturated heterocycles. The van der Waals surface area contributed by atoms with Gasteiger partial charge in [0.25, 0.3) is 0 Å². The van der Waals surface area contributed by atoms with Crippen LogP contribution in [0.15, 0.2) is 24.4 Å². The van der Waals surface area contributed by atoms with Gasteiger partial charge in [-0.15, -0.1) is 0 Å². The number of primary amides is 1. The van der Waals surface area contributed by atoms with Crippen molar-refractivity contribution in [2.75, 3.05) is 6.61 Å². The van der Waals surface area contributed by atoms with E-state index in [-0.39, 0.29) is 6.61 Å². The van der Waals surface area contributed by atoms with Crippen LogP contribution < -0.4 is 16.2 Å². The molecule has 1 aromatic carbocycles. The molecule has 0 spiro atoms. The Balaban J connectivity index is 2.40. The molecular formula is C12H11ClIN3O2. The molecule has 0 fully saturated rings. The van der Waals surface area contributed by atoms with Gasteiger partial charge in [0.1, 0.15) is 18.2 Å². The summed E-state index contributed by atoms with van der Waals surface area (Å²) in [6.45, 7) is -0.00135. The summed E-state index contributed by atoms with van der Waals surface area (Å²) in [6, 6.07) is 4.56. The van der Waals surface area contributed by atoms with Crippen LogP contribution in [0.1, 0.15) is 0 Å². The van der Waals surface area contributed by atoms with Crippen LogP contribution in [0.25, 0.3) is 10.9 Å². The van der Waals surface area contributed by atoms with Crippen molar-refractivity contribution < 1.29 is 9.53 Å². The highest BCUT2D eigenvalue weighted by Gasteiger charge is 2.15. The monoisotopic (exact) mass is 391 g/mol. The van der Waals surface area contributed by atoms with Gasteiger partial charge in [0, 0.05) is 11.6 Å². The number of pyridine rings is 1. The van der Waals surface area contributed by atoms with E-state index >= 15 is 0 Å². The smallest absolute Gasteiger partial charge is 0.237 e. The lowest BCUT2D eigenvalue weighted by atomic mass is 10.2. The number of hydrogen-bond acceptors (Lipinski definition) is 4. The van der Waals surface area contributed by atoms with E-state index in [1.54, 1.807) is 18.3 Å². The summed E-state index contributed by atoms with van der Waals surface area (Å²) in [4.78, 5) is 15.2. The van der Waals surface area contributed by atoms with Gasteiger partial charge in [-0.1, -0.05) is 11.6 Å². The number of benzene rings is 1. The molecule has 0 saturated carbocycles. The van der Waals surface area contributed by atoms with Crippen LogP contribution >= 0.6 is 34.2 Å². The molecule has 19 heavy (non-hydrogen) atoms. The van der Waals surface area contributed by atoms with Gasteiger partial charge < -0.3 is 16.2 Å². The highest BCUT2D eigenvalue weighted by Crippen LogP contribution is 2.34. The molecule has 0 aliphatic rings. The Hall–Kier alpha value is -1.12. The number of nitrogens with two attached hydrogens (primary N) is 2. The van der Waals surface area contributed by atoms with E-state index in [1.165, 1.54) is 0 Å². The fraction of sp³-hybridized carbons (Fsp3) is 0.167. The number of rotatable bonds is 4. The third-order valence-corrected chi connectivity index (χ3v) is 3.64. The minimum Gasteiger partial charge on any atom is -0.488 e. The number of ether oxygens (including phenoxy) is 1. The number of hydrogen-bond donors (Lipinski definition) is 2. The lowest BCUT2D eigenvalue weighted by molar-refractivity contribution is -0.119. The third-order valence-electron chi connectivity index (χ3n) is 2.52. The van der Waals surface area contributed by atoms with E-state index in [4.69, 9.17) is 27.8 Å². The maximum Gasteiger partial charge on any atom is 0.237 e. The molecule has 5 nitrogen and oxygen atoms in total. The summed E-state index contributed by atoms with van der Waals surface area (Å²) >= 11 is 8.24. The van der Waals surface area contributed by atoms with Crippen molar-refractivity contribution in [2.24, 2.45) is 11.5 Å². The number of carbonyl (C=O) groups is 1. The minimum atomic E-state index is -0.856. The second-order valence-corrected chi connectivity index (χ2v) is 5.46. The van der Waals surface area contributed by atoms with Crippen molar-refractivity contribution in [1.29, 1.82) is 0 Å². The molecule has 1 amide bonds. The Morgan fingerprint density at radius 3 is 3.00 bits per heavy atom. The fourth-order valence-corrected chi connectivity index (χ4v) is 2.71. The van der Waals surface area contributed by atoms with Crippen LogP contribution in [0.2, 0.25) is 5.02 Å². The van der Waals surface area contributed by atoms with E-state index in [9.17, 15) is 4.79 Å². The van der Waals surface area contributed by atoms with Crippen LogP contribution in [0, 0.1) is 3.57 Å². The lowest BCUT2D eigenvalue weighted by Crippen LogP contribution is -2.41. The number of nitrogens with zero attached hydrogens (tertiary/aromatic N) is 1. The second kappa shape index (κ2) is 5.89. The number of fused-ring (bicyclic) bond motifs is 1. The van der Waals surface area contributed by atoms with E-state index in [0.717, 1.165) is 8.96 Å². The first-order chi connectivity index (χ1) is 9.00. The normalized spacial score (nSPS) is 12.4. The van der Waals surface area contributed by atoms with Crippen LogP contribution in [0.5, 0.6) is 5.75 Å². The predicted molar refractivity (Wildman–Crippen MR) is 82.1 cm³/mol. The molecule has 0 aliphatic heterocycles. The largest absolute Gasteiger partial charge is 0.488 e. The summed E-state index contributed by atoms with van der Waals surface area (Å²) in [5.41, 5.74) is 11.3. The second-order valence-electron chi connectivity index (χ2n) is 3.89. The molecule has 7 heteroatoms. The topological polar surface area (TPSA) is 91.2 Å². The summed E-state index contributed by atoms with van der Waals surface area (Å²) < 4.78 is 6.37. The molecule has 0 radical (unpaired) electrons. The molecule has 1 atom stereocenters. The molecule has 2 rings (SSSR count). The van der Waals surface area contributed by atoms with Gasteiger partial charge >= 0.3 is 0 Å². The first-order valence-electron chi connectivity index (χ1n) is 5.41. The van der Waals surface area contributed by atoms with E-state index in [1.807, 2.05) is 6.07 Å². The Morgan fingerprint density at radius 2 is 2.32 bits per heavy atom. The molecule has 1 aromatic heterocycles. The van der Waals surface area contributed by atoms with E-state index < -0.39 is 11.9 Å². The molecular weight excluding hydrogens is 381 g/mol. The minimum absolute atomic E-state index is 0.00135. The standard InChI is InChI=1S/C12H11ClIN3O2/c13-7-4-8(14)11(19-5-9(15)12(16)18)10-6(7)2-1-3-17-10/h1-4,9H,5,15H2,(H2,16,18). The quantitative estimate of drug-likeness (QED) is 0.776. The Labute approximate surface area is 128 Å². The summed E-state index contributed by atoms with van der Waals surface area (Å²) in [6.07, 6.45) is 1.65. The maximum atomic E-state index is 10.9. The van der Waals surface area contributed by atoms with Gasteiger partial charge in [0.2, 0.25) is 5.91 Å². The molecule has 100 valence electrons. The first kappa shape index (κ1) is 14.3. The SMILES string of the molecule is NC(=O)C(N)COc1c(I)cc(Cl)c2cccnc12. The molecule has 4 N–H and O–H groups in total. The van der Waals surface area contributed by atoms with Gasteiger partial charge in [-0.05, 0) is 40.8 Å². The van der Waals surface area contributed by atoms with Crippen molar-refractivity contribution in [3.05, 3.63) is 33.0 Å². The van der Waals surface area contributed by atoms with Crippen molar-refractivity contribution >= 4 is 51.0 Å². The highest BCUT2D eigenvalue weighted by atomic mass is 127. The van der Waals surface area contributed by atoms with Gasteiger partial charge in [-0.3, -0.25) is 9.78 Å². The summed E-state index contributed by atoms with van der Waals surface area (Å²) in [5, 5.41) is 1.38. The zero-order valence-electron chi connectivity index (χ0n) is 9.77. The van der Waals surface area contributed by atoms with Gasteiger partial charge in [-0.25, -0.2) is 0 Å². The highest BCUT2D eigenvalue weighted by molar-refractivity contribution is 14.1. The Bertz CT molecular complexity index is 636. The van der Waals surface area contributed by atoms with Crippen molar-refractivity contribution in [2.45, 2.75) is 6.04 Å². The van der Waals surface area contributed by atoms with Gasteiger partial charge in [-0.2, -0.15) is 0 Å². The number of amides is 1. The molecule has 1 heterocycles. The average molecular weight is 392 g/mol. The first-order valence-corrected chi connectivity index (χ1v) is 6.87. The van der Waals surface area contributed by atoms with Crippen molar-refractivity contribution in [1.82, 2.24) is 4.98 Å². The van der Waals surface area contributed by atoms with Crippen molar-refractivity contribution in [3.63, 3.8) is 0 Å². The third kappa shape index (κ3) is 3.07. The Morgan fingerprint density at radius 1 is 1.58 bits per heavy atom. The summed E-state index contributed by atoms with van der Waals surface area (Å²) in [7, 11) is 0. The Kier molecular flexibility index (Phi) is 4.43. The number of aromatic nitrogens is 1. The average Bonchev–Trinajstić information content (AvgIpc) is 2.38. The molecule has 2 aromatic rings. The molecule has 0 aliphatic carbocycles. The van der Waals surface area contributed by atoms with Gasteiger partial charge in [0.15, 0.2) is 5.75 Å². The molecule has 0 bridgehead atoms. The van der Waals surface area contributed by atoms with Crippen LogP contribution in [0.4, 0.5) is 0 Å². The maximum absolute atomic E-state index is 10.9. The van der Waals surface area contributed by atoms with E-state index in [0.29, 0.717) is 16.3 Å². The lowest BCUT2D eigenvalue weighted by Gasteiger charge is -2.14. The van der Waals surface area contributed by atoms with Gasteiger partial charge in [0.05, 0.1) is 8.59 Å². The van der Waals surface area contributed by atoms with Crippen LogP contribution in [-0.4, -0.2) is 23.5 Å². The van der Waals surface area contributed by atoms with E-state index in [2.05, 4.69) is 27.6 Å².